The van der Waals surface area contributed by atoms with Gasteiger partial charge in [-0.25, -0.2) is 4.39 Å². The van der Waals surface area contributed by atoms with Crippen molar-refractivity contribution in [2.45, 2.75) is 24.4 Å². The van der Waals surface area contributed by atoms with E-state index in [0.29, 0.717) is 17.8 Å². The third-order valence-electron chi connectivity index (χ3n) is 6.02. The molecule has 6 nitrogen and oxygen atoms in total. The molecule has 8 heteroatoms. The number of anilines is 1. The maximum atomic E-state index is 13.1. The molecular formula is C22H26FN3O3S. The zero-order valence-electron chi connectivity index (χ0n) is 16.5. The maximum absolute atomic E-state index is 13.1. The number of halogens is 1. The molecule has 2 aliphatic heterocycles. The molecule has 2 unspecified atom stereocenters. The van der Waals surface area contributed by atoms with E-state index in [1.54, 1.807) is 23.1 Å². The number of hydrogen-bond acceptors (Lipinski definition) is 6. The normalized spacial score (nSPS) is 21.2. The molecule has 0 bridgehead atoms. The first-order valence-corrected chi connectivity index (χ1v) is 10.7. The Bertz CT molecular complexity index is 903. The Labute approximate surface area is 180 Å². The van der Waals surface area contributed by atoms with Crippen molar-refractivity contribution in [1.82, 2.24) is 9.80 Å². The molecule has 3 N–H and O–H groups in total. The summed E-state index contributed by atoms with van der Waals surface area (Å²) in [5, 5.41) is 23.4. The number of nitrogens with zero attached hydrogens (tertiary/aromatic N) is 2. The van der Waals surface area contributed by atoms with Crippen LogP contribution in [0.1, 0.15) is 34.9 Å². The van der Waals surface area contributed by atoms with Crippen molar-refractivity contribution in [2.24, 2.45) is 5.92 Å². The molecule has 1 saturated heterocycles. The number of amides is 1. The van der Waals surface area contributed by atoms with Crippen molar-refractivity contribution in [3.63, 3.8) is 0 Å². The molecule has 1 amide bonds. The van der Waals surface area contributed by atoms with Gasteiger partial charge in [0, 0.05) is 19.2 Å². The van der Waals surface area contributed by atoms with Crippen LogP contribution in [0.3, 0.4) is 0 Å². The van der Waals surface area contributed by atoms with Gasteiger partial charge < -0.3 is 25.3 Å². The number of aromatic hydroxyl groups is 1. The summed E-state index contributed by atoms with van der Waals surface area (Å²) in [6, 6.07) is 10.7. The summed E-state index contributed by atoms with van der Waals surface area (Å²) in [4.78, 5) is 16.8. The Morgan fingerprint density at radius 1 is 1.13 bits per heavy atom. The molecule has 2 atom stereocenters. The summed E-state index contributed by atoms with van der Waals surface area (Å²) in [5.41, 5.74) is 1.41. The summed E-state index contributed by atoms with van der Waals surface area (Å²) in [5.74, 6) is -0.161. The van der Waals surface area contributed by atoms with E-state index in [4.69, 9.17) is 0 Å². The van der Waals surface area contributed by atoms with Gasteiger partial charge in [-0.1, -0.05) is 12.1 Å². The molecule has 0 aromatic heterocycles. The lowest BCUT2D eigenvalue weighted by molar-refractivity contribution is 0.0525. The highest BCUT2D eigenvalue weighted by Crippen LogP contribution is 2.32. The second-order valence-electron chi connectivity index (χ2n) is 7.92. The first-order chi connectivity index (χ1) is 14.4. The zero-order valence-corrected chi connectivity index (χ0v) is 17.4. The van der Waals surface area contributed by atoms with E-state index in [1.807, 2.05) is 0 Å². The Balaban J connectivity index is 1.30. The van der Waals surface area contributed by atoms with Gasteiger partial charge in [0.25, 0.3) is 5.91 Å². The highest BCUT2D eigenvalue weighted by Gasteiger charge is 2.31. The van der Waals surface area contributed by atoms with Crippen molar-refractivity contribution < 1.29 is 19.4 Å². The van der Waals surface area contributed by atoms with E-state index in [-0.39, 0.29) is 23.4 Å². The summed E-state index contributed by atoms with van der Waals surface area (Å²) >= 11 is 4.50. The van der Waals surface area contributed by atoms with E-state index >= 15 is 0 Å². The Morgan fingerprint density at radius 3 is 2.53 bits per heavy atom. The molecule has 160 valence electrons. The highest BCUT2D eigenvalue weighted by molar-refractivity contribution is 7.81. The summed E-state index contributed by atoms with van der Waals surface area (Å²) in [6.07, 6.45) is 1.10. The van der Waals surface area contributed by atoms with E-state index in [2.05, 4.69) is 22.8 Å². The molecule has 1 fully saturated rings. The van der Waals surface area contributed by atoms with Crippen LogP contribution in [0.2, 0.25) is 0 Å². The Hall–Kier alpha value is -2.29. The van der Waals surface area contributed by atoms with Gasteiger partial charge in [-0.05, 0) is 61.7 Å². The first kappa shape index (κ1) is 21.0. The third-order valence-corrected chi connectivity index (χ3v) is 6.43. The fourth-order valence-corrected chi connectivity index (χ4v) is 4.58. The van der Waals surface area contributed by atoms with Crippen molar-refractivity contribution >= 4 is 24.2 Å². The van der Waals surface area contributed by atoms with Crippen LogP contribution in [-0.2, 0) is 0 Å². The largest absolute Gasteiger partial charge is 0.508 e. The SMILES string of the molecule is O=C1c2ccc(O)cc2NC(S)N1CCN1CCC(C(O)c2ccc(F)cc2)CC1. The number of aliphatic hydroxyl groups is 1. The highest BCUT2D eigenvalue weighted by atomic mass is 32.1. The van der Waals surface area contributed by atoms with E-state index in [1.165, 1.54) is 24.3 Å². The summed E-state index contributed by atoms with van der Waals surface area (Å²) < 4.78 is 13.1. The standard InChI is InChI=1S/C22H26FN3O3S/c23-16-3-1-14(2-4-16)20(28)15-7-9-25(10-8-15)11-12-26-21(29)18-6-5-17(27)13-19(18)24-22(26)30/h1-6,13,15,20,22,24,27-28,30H,7-12H2. The predicted octanol–water partition coefficient (Wildman–Crippen LogP) is 3.06. The minimum absolute atomic E-state index is 0.105. The van der Waals surface area contributed by atoms with Crippen LogP contribution in [0.5, 0.6) is 5.75 Å². The third kappa shape index (κ3) is 4.40. The number of phenolic OH excluding ortho intramolecular Hbond substituents is 1. The molecule has 30 heavy (non-hydrogen) atoms. The Kier molecular flexibility index (Phi) is 6.17. The van der Waals surface area contributed by atoms with Crippen LogP contribution in [0.15, 0.2) is 42.5 Å². The van der Waals surface area contributed by atoms with Gasteiger partial charge >= 0.3 is 0 Å². The summed E-state index contributed by atoms with van der Waals surface area (Å²) in [6.45, 7) is 2.92. The summed E-state index contributed by atoms with van der Waals surface area (Å²) in [7, 11) is 0. The van der Waals surface area contributed by atoms with Gasteiger partial charge in [0.15, 0.2) is 0 Å². The monoisotopic (exact) mass is 431 g/mol. The molecule has 2 aliphatic rings. The van der Waals surface area contributed by atoms with Crippen molar-refractivity contribution in [1.29, 1.82) is 0 Å². The van der Waals surface area contributed by atoms with E-state index in [0.717, 1.165) is 38.0 Å². The number of aliphatic hydroxyl groups excluding tert-OH is 1. The van der Waals surface area contributed by atoms with Gasteiger partial charge in [-0.15, -0.1) is 12.6 Å². The number of carbonyl (C=O) groups is 1. The molecule has 0 aliphatic carbocycles. The smallest absolute Gasteiger partial charge is 0.258 e. The molecule has 0 saturated carbocycles. The number of benzene rings is 2. The average Bonchev–Trinajstić information content (AvgIpc) is 2.74. The number of hydrogen-bond donors (Lipinski definition) is 4. The fourth-order valence-electron chi connectivity index (χ4n) is 4.22. The number of carbonyl (C=O) groups excluding carboxylic acids is 1. The van der Waals surface area contributed by atoms with Crippen LogP contribution in [0.4, 0.5) is 10.1 Å². The lowest BCUT2D eigenvalue weighted by Gasteiger charge is -2.38. The Morgan fingerprint density at radius 2 is 1.83 bits per heavy atom. The lowest BCUT2D eigenvalue weighted by Crippen LogP contribution is -2.49. The predicted molar refractivity (Wildman–Crippen MR) is 116 cm³/mol. The van der Waals surface area contributed by atoms with Crippen LogP contribution < -0.4 is 5.32 Å². The van der Waals surface area contributed by atoms with Crippen molar-refractivity contribution in [2.75, 3.05) is 31.5 Å². The number of piperidine rings is 1. The fraction of sp³-hybridized carbons (Fsp3) is 0.409. The number of nitrogens with one attached hydrogen (secondary N) is 1. The van der Waals surface area contributed by atoms with Crippen molar-refractivity contribution in [3.8, 4) is 5.75 Å². The molecule has 0 spiro atoms. The van der Waals surface area contributed by atoms with Crippen LogP contribution in [0, 0.1) is 11.7 Å². The molecular weight excluding hydrogens is 405 g/mol. The van der Waals surface area contributed by atoms with Crippen LogP contribution in [-0.4, -0.2) is 57.6 Å². The van der Waals surface area contributed by atoms with Gasteiger partial charge in [-0.3, -0.25) is 4.79 Å². The number of rotatable bonds is 5. The number of thiol groups is 1. The molecule has 4 rings (SSSR count). The molecule has 2 heterocycles. The van der Waals surface area contributed by atoms with Gasteiger partial charge in [0.2, 0.25) is 0 Å². The quantitative estimate of drug-likeness (QED) is 0.548. The van der Waals surface area contributed by atoms with Crippen molar-refractivity contribution in [3.05, 3.63) is 59.4 Å². The number of likely N-dealkylation sites (tertiary alicyclic amines) is 1. The average molecular weight is 432 g/mol. The van der Waals surface area contributed by atoms with Gasteiger partial charge in [0.1, 0.15) is 17.1 Å². The topological polar surface area (TPSA) is 76.0 Å². The van der Waals surface area contributed by atoms with E-state index in [9.17, 15) is 19.4 Å². The number of phenols is 1. The number of fused-ring (bicyclic) bond motifs is 1. The van der Waals surface area contributed by atoms with Crippen LogP contribution in [0.25, 0.3) is 0 Å². The molecule has 0 radical (unpaired) electrons. The van der Waals surface area contributed by atoms with Gasteiger partial charge in [-0.2, -0.15) is 0 Å². The zero-order chi connectivity index (χ0) is 21.3. The second-order valence-corrected chi connectivity index (χ2v) is 8.41. The van der Waals surface area contributed by atoms with Crippen LogP contribution >= 0.6 is 12.6 Å². The second kappa shape index (κ2) is 8.83. The first-order valence-electron chi connectivity index (χ1n) is 10.2. The van der Waals surface area contributed by atoms with E-state index < -0.39 is 11.6 Å². The molecule has 2 aromatic rings. The van der Waals surface area contributed by atoms with Gasteiger partial charge in [0.05, 0.1) is 17.4 Å². The lowest BCUT2D eigenvalue weighted by atomic mass is 9.87. The maximum Gasteiger partial charge on any atom is 0.258 e. The molecule has 2 aromatic carbocycles. The minimum Gasteiger partial charge on any atom is -0.508 e. The minimum atomic E-state index is -0.588.